The molecule has 2 aliphatic rings. The number of hydrogen-bond acceptors (Lipinski definition) is 4. The number of benzene rings is 1. The Labute approximate surface area is 187 Å². The van der Waals surface area contributed by atoms with E-state index in [-0.39, 0.29) is 17.0 Å². The average molecular weight is 434 g/mol. The van der Waals surface area contributed by atoms with E-state index in [1.807, 2.05) is 49.9 Å². The molecule has 3 heterocycles. The molecule has 0 spiro atoms. The number of nitrogens with zero attached hydrogens (tertiary/aromatic N) is 3. The molecule has 1 aromatic carbocycles. The van der Waals surface area contributed by atoms with Crippen LogP contribution in [-0.4, -0.2) is 31.1 Å². The Kier molecular flexibility index (Phi) is 4.87. The number of aromatic amines is 1. The van der Waals surface area contributed by atoms with E-state index in [1.54, 1.807) is 6.20 Å². The molecule has 1 amide bonds. The number of carbonyl (C=O) groups is 1. The van der Waals surface area contributed by atoms with Gasteiger partial charge in [-0.1, -0.05) is 19.8 Å². The minimum atomic E-state index is -0.233. The minimum absolute atomic E-state index is 0.0662. The summed E-state index contributed by atoms with van der Waals surface area (Å²) in [5, 5.41) is 8.85. The number of rotatable bonds is 3. The van der Waals surface area contributed by atoms with E-state index in [4.69, 9.17) is 5.10 Å². The molecule has 1 fully saturated rings. The predicted octanol–water partition coefficient (Wildman–Crippen LogP) is 4.97. The zero-order valence-electron chi connectivity index (χ0n) is 19.2. The van der Waals surface area contributed by atoms with Gasteiger partial charge in [0.05, 0.1) is 11.6 Å². The molecule has 0 saturated heterocycles. The van der Waals surface area contributed by atoms with Crippen LogP contribution < -0.4 is 10.9 Å². The molecule has 0 unspecified atom stereocenters. The van der Waals surface area contributed by atoms with Gasteiger partial charge in [-0.05, 0) is 69.4 Å². The van der Waals surface area contributed by atoms with E-state index in [2.05, 4.69) is 21.9 Å². The number of aromatic nitrogens is 3. The maximum Gasteiger partial charge on any atom is 0.261 e. The van der Waals surface area contributed by atoms with E-state index >= 15 is 0 Å². The topological polar surface area (TPSA) is 83.0 Å². The van der Waals surface area contributed by atoms with Crippen LogP contribution in [0.15, 0.2) is 35.3 Å². The Morgan fingerprint density at radius 1 is 1.12 bits per heavy atom. The minimum Gasteiger partial charge on any atom is -0.338 e. The molecule has 1 aliphatic carbocycles. The van der Waals surface area contributed by atoms with Crippen molar-refractivity contribution in [3.05, 3.63) is 51.9 Å². The molecule has 3 aromatic rings. The first-order chi connectivity index (χ1) is 15.2. The van der Waals surface area contributed by atoms with E-state index in [0.717, 1.165) is 28.8 Å². The highest BCUT2D eigenvalue weighted by Crippen LogP contribution is 2.37. The second-order valence-corrected chi connectivity index (χ2v) is 10.2. The van der Waals surface area contributed by atoms with Gasteiger partial charge >= 0.3 is 0 Å². The van der Waals surface area contributed by atoms with Gasteiger partial charge in [-0.3, -0.25) is 14.3 Å². The summed E-state index contributed by atoms with van der Waals surface area (Å²) >= 11 is 0. The van der Waals surface area contributed by atoms with Crippen molar-refractivity contribution >= 4 is 28.3 Å². The number of carbonyl (C=O) groups excluding carboxylic acids is 1. The first-order valence-corrected chi connectivity index (χ1v) is 11.6. The molecule has 2 aromatic heterocycles. The van der Waals surface area contributed by atoms with Crippen LogP contribution in [0.2, 0.25) is 0 Å². The van der Waals surface area contributed by atoms with Crippen LogP contribution >= 0.6 is 0 Å². The number of fused-ring (bicyclic) bond motifs is 2. The van der Waals surface area contributed by atoms with Crippen LogP contribution in [0, 0.1) is 5.92 Å². The lowest BCUT2D eigenvalue weighted by atomic mass is 9.86. The molecule has 168 valence electrons. The molecular formula is C25H31N5O2. The third-order valence-electron chi connectivity index (χ3n) is 6.99. The fraction of sp³-hybridized carbons (Fsp3) is 0.480. The van der Waals surface area contributed by atoms with Gasteiger partial charge in [-0.15, -0.1) is 0 Å². The van der Waals surface area contributed by atoms with Crippen molar-refractivity contribution in [3.8, 4) is 0 Å². The SMILES string of the molecule is C[C@H]1CCCC[C@@H]1n1nc(Nc2ccc3c(c2)CN(C(C)(C)C)C3=O)c2c(=O)[nH]ccc21. The Balaban J connectivity index is 1.52. The van der Waals surface area contributed by atoms with Gasteiger partial charge in [0, 0.05) is 29.5 Å². The lowest BCUT2D eigenvalue weighted by Crippen LogP contribution is -2.41. The molecule has 5 rings (SSSR count). The lowest BCUT2D eigenvalue weighted by Gasteiger charge is -2.31. The maximum atomic E-state index is 12.8. The molecule has 1 saturated carbocycles. The van der Waals surface area contributed by atoms with E-state index < -0.39 is 0 Å². The zero-order valence-corrected chi connectivity index (χ0v) is 19.2. The van der Waals surface area contributed by atoms with Crippen molar-refractivity contribution in [2.75, 3.05) is 5.32 Å². The number of amides is 1. The van der Waals surface area contributed by atoms with Gasteiger partial charge in [-0.25, -0.2) is 0 Å². The molecule has 7 heteroatoms. The highest BCUT2D eigenvalue weighted by atomic mass is 16.2. The fourth-order valence-electron chi connectivity index (χ4n) is 5.18. The van der Waals surface area contributed by atoms with Crippen molar-refractivity contribution in [2.45, 2.75) is 71.5 Å². The van der Waals surface area contributed by atoms with Crippen LogP contribution in [0.4, 0.5) is 11.5 Å². The molecule has 0 bridgehead atoms. The van der Waals surface area contributed by atoms with Crippen molar-refractivity contribution in [1.29, 1.82) is 0 Å². The van der Waals surface area contributed by atoms with Crippen molar-refractivity contribution in [3.63, 3.8) is 0 Å². The summed E-state index contributed by atoms with van der Waals surface area (Å²) in [6.07, 6.45) is 6.39. The molecule has 7 nitrogen and oxygen atoms in total. The number of hydrogen-bond donors (Lipinski definition) is 2. The molecule has 32 heavy (non-hydrogen) atoms. The van der Waals surface area contributed by atoms with Gasteiger partial charge in [-0.2, -0.15) is 5.10 Å². The third kappa shape index (κ3) is 3.40. The van der Waals surface area contributed by atoms with E-state index in [1.165, 1.54) is 19.3 Å². The Morgan fingerprint density at radius 2 is 1.91 bits per heavy atom. The summed E-state index contributed by atoms with van der Waals surface area (Å²) in [6, 6.07) is 8.01. The quantitative estimate of drug-likeness (QED) is 0.611. The summed E-state index contributed by atoms with van der Waals surface area (Å²) in [4.78, 5) is 30.2. The number of anilines is 2. The van der Waals surface area contributed by atoms with Crippen LogP contribution in [-0.2, 0) is 6.54 Å². The van der Waals surface area contributed by atoms with Crippen LogP contribution in [0.1, 0.15) is 75.3 Å². The Hall–Kier alpha value is -3.09. The number of pyridine rings is 1. The number of H-pyrrole nitrogens is 1. The van der Waals surface area contributed by atoms with Gasteiger partial charge in [0.2, 0.25) is 0 Å². The molecular weight excluding hydrogens is 402 g/mol. The van der Waals surface area contributed by atoms with Crippen molar-refractivity contribution < 1.29 is 4.79 Å². The van der Waals surface area contributed by atoms with Gasteiger partial charge in [0.25, 0.3) is 11.5 Å². The summed E-state index contributed by atoms with van der Waals surface area (Å²) in [6.45, 7) is 9.01. The molecule has 0 radical (unpaired) electrons. The monoisotopic (exact) mass is 433 g/mol. The highest BCUT2D eigenvalue weighted by Gasteiger charge is 2.35. The number of nitrogens with one attached hydrogen (secondary N) is 2. The zero-order chi connectivity index (χ0) is 22.6. The van der Waals surface area contributed by atoms with E-state index in [0.29, 0.717) is 29.7 Å². The van der Waals surface area contributed by atoms with Crippen LogP contribution in [0.5, 0.6) is 0 Å². The van der Waals surface area contributed by atoms with Crippen LogP contribution in [0.25, 0.3) is 10.9 Å². The summed E-state index contributed by atoms with van der Waals surface area (Å²) in [7, 11) is 0. The lowest BCUT2D eigenvalue weighted by molar-refractivity contribution is 0.0609. The molecule has 2 atom stereocenters. The average Bonchev–Trinajstić information content (AvgIpc) is 3.27. The summed E-state index contributed by atoms with van der Waals surface area (Å²) < 4.78 is 2.05. The fourth-order valence-corrected chi connectivity index (χ4v) is 5.18. The van der Waals surface area contributed by atoms with Crippen molar-refractivity contribution in [2.24, 2.45) is 5.92 Å². The van der Waals surface area contributed by atoms with Crippen LogP contribution in [0.3, 0.4) is 0 Å². The van der Waals surface area contributed by atoms with Gasteiger partial charge in [0.15, 0.2) is 5.82 Å². The normalized spacial score (nSPS) is 21.2. The van der Waals surface area contributed by atoms with Gasteiger partial charge in [0.1, 0.15) is 5.39 Å². The highest BCUT2D eigenvalue weighted by molar-refractivity contribution is 5.99. The molecule has 1 aliphatic heterocycles. The Bertz CT molecular complexity index is 1250. The first kappa shape index (κ1) is 20.8. The van der Waals surface area contributed by atoms with Crippen molar-refractivity contribution in [1.82, 2.24) is 19.7 Å². The third-order valence-corrected chi connectivity index (χ3v) is 6.99. The first-order valence-electron chi connectivity index (χ1n) is 11.6. The Morgan fingerprint density at radius 3 is 2.66 bits per heavy atom. The second-order valence-electron chi connectivity index (χ2n) is 10.2. The van der Waals surface area contributed by atoms with E-state index in [9.17, 15) is 9.59 Å². The maximum absolute atomic E-state index is 12.8. The second kappa shape index (κ2) is 7.50. The smallest absolute Gasteiger partial charge is 0.261 e. The largest absolute Gasteiger partial charge is 0.338 e. The molecule has 2 N–H and O–H groups in total. The standard InChI is InChI=1S/C25H31N5O2/c1-15-7-5-6-8-19(15)30-20-11-12-26-23(31)21(20)22(28-30)27-17-9-10-18-16(13-17)14-29(24(18)32)25(2,3)4/h9-13,15,19H,5-8,14H2,1-4H3,(H,26,31)(H,27,28)/t15-,19-/m0/s1. The predicted molar refractivity (Wildman–Crippen MR) is 126 cm³/mol. The van der Waals surface area contributed by atoms with Gasteiger partial charge < -0.3 is 15.2 Å². The summed E-state index contributed by atoms with van der Waals surface area (Å²) in [5.41, 5.74) is 3.06. The summed E-state index contributed by atoms with van der Waals surface area (Å²) in [5.74, 6) is 1.15.